The van der Waals surface area contributed by atoms with Gasteiger partial charge in [-0.3, -0.25) is 9.69 Å². The van der Waals surface area contributed by atoms with Gasteiger partial charge in [-0.25, -0.2) is 0 Å². The van der Waals surface area contributed by atoms with Gasteiger partial charge in [0.2, 0.25) is 0 Å². The molecule has 0 amide bonds. The van der Waals surface area contributed by atoms with Gasteiger partial charge in [-0.1, -0.05) is 55.8 Å². The van der Waals surface area contributed by atoms with Crippen molar-refractivity contribution in [3.8, 4) is 0 Å². The van der Waals surface area contributed by atoms with Crippen molar-refractivity contribution >= 4 is 5.97 Å². The summed E-state index contributed by atoms with van der Waals surface area (Å²) in [5.41, 5.74) is 2.65. The molecule has 2 aromatic rings. The summed E-state index contributed by atoms with van der Waals surface area (Å²) in [7, 11) is 1.42. The Bertz CT molecular complexity index is 922. The number of ether oxygens (including phenoxy) is 1. The van der Waals surface area contributed by atoms with E-state index in [1.54, 1.807) is 12.1 Å². The van der Waals surface area contributed by atoms with Crippen LogP contribution in [-0.4, -0.2) is 24.5 Å². The van der Waals surface area contributed by atoms with Crippen LogP contribution >= 0.6 is 0 Å². The maximum absolute atomic E-state index is 13.2. The second-order valence-corrected chi connectivity index (χ2v) is 9.94. The molecule has 0 radical (unpaired) electrons. The van der Waals surface area contributed by atoms with Gasteiger partial charge >= 0.3 is 12.1 Å². The summed E-state index contributed by atoms with van der Waals surface area (Å²) in [6, 6.07) is 14.2. The van der Waals surface area contributed by atoms with Crippen molar-refractivity contribution in [2.24, 2.45) is 11.8 Å². The SMILES string of the molecule is COC(=O)CC1CCN([C@H](CCC(C)C)c2ccc(C(F)(F)F)cc2)C(c2ccc(C)cc2)C1. The van der Waals surface area contributed by atoms with E-state index in [-0.39, 0.29) is 24.0 Å². The number of alkyl halides is 3. The summed E-state index contributed by atoms with van der Waals surface area (Å²) in [6.45, 7) is 7.17. The summed E-state index contributed by atoms with van der Waals surface area (Å²) in [6.07, 6.45) is -0.430. The molecular weight excluding hydrogens is 439 g/mol. The molecule has 0 bridgehead atoms. The summed E-state index contributed by atoms with van der Waals surface area (Å²) in [5, 5.41) is 0. The Morgan fingerprint density at radius 2 is 1.71 bits per heavy atom. The normalized spacial score (nSPS) is 20.4. The summed E-state index contributed by atoms with van der Waals surface area (Å²) < 4.78 is 44.4. The minimum atomic E-state index is -4.34. The van der Waals surface area contributed by atoms with Crippen molar-refractivity contribution in [1.29, 1.82) is 0 Å². The van der Waals surface area contributed by atoms with Crippen LogP contribution in [-0.2, 0) is 15.7 Å². The van der Waals surface area contributed by atoms with Crippen LogP contribution in [0.2, 0.25) is 0 Å². The number of carbonyl (C=O) groups is 1. The molecule has 1 saturated heterocycles. The lowest BCUT2D eigenvalue weighted by atomic mass is 9.82. The average Bonchev–Trinajstić information content (AvgIpc) is 2.80. The topological polar surface area (TPSA) is 29.5 Å². The molecule has 0 aromatic heterocycles. The first-order chi connectivity index (χ1) is 16.1. The Morgan fingerprint density at radius 3 is 2.26 bits per heavy atom. The van der Waals surface area contributed by atoms with Crippen LogP contribution in [0, 0.1) is 18.8 Å². The lowest BCUT2D eigenvalue weighted by Gasteiger charge is -2.44. The van der Waals surface area contributed by atoms with Crippen molar-refractivity contribution in [2.45, 2.75) is 71.1 Å². The van der Waals surface area contributed by atoms with E-state index >= 15 is 0 Å². The van der Waals surface area contributed by atoms with Crippen molar-refractivity contribution in [2.75, 3.05) is 13.7 Å². The number of methoxy groups -OCH3 is 1. The molecule has 186 valence electrons. The van der Waals surface area contributed by atoms with Gasteiger partial charge < -0.3 is 4.74 Å². The first-order valence-corrected chi connectivity index (χ1v) is 12.1. The largest absolute Gasteiger partial charge is 0.469 e. The molecule has 1 heterocycles. The molecule has 0 saturated carbocycles. The van der Waals surface area contributed by atoms with E-state index in [0.717, 1.165) is 37.8 Å². The highest BCUT2D eigenvalue weighted by molar-refractivity contribution is 5.69. The van der Waals surface area contributed by atoms with E-state index in [1.165, 1.54) is 30.4 Å². The Balaban J connectivity index is 1.95. The van der Waals surface area contributed by atoms with E-state index in [2.05, 4.69) is 49.9 Å². The first kappa shape index (κ1) is 26.3. The van der Waals surface area contributed by atoms with Crippen LogP contribution in [0.5, 0.6) is 0 Å². The molecule has 0 N–H and O–H groups in total. The zero-order chi connectivity index (χ0) is 24.9. The number of hydrogen-bond acceptors (Lipinski definition) is 3. The van der Waals surface area contributed by atoms with Crippen molar-refractivity contribution in [3.05, 3.63) is 70.8 Å². The van der Waals surface area contributed by atoms with Crippen LogP contribution in [0.3, 0.4) is 0 Å². The highest BCUT2D eigenvalue weighted by Gasteiger charge is 2.36. The lowest BCUT2D eigenvalue weighted by Crippen LogP contribution is -2.40. The molecule has 2 unspecified atom stereocenters. The van der Waals surface area contributed by atoms with Crippen molar-refractivity contribution in [1.82, 2.24) is 4.90 Å². The summed E-state index contributed by atoms with van der Waals surface area (Å²) >= 11 is 0. The van der Waals surface area contributed by atoms with Crippen molar-refractivity contribution in [3.63, 3.8) is 0 Å². The van der Waals surface area contributed by atoms with Crippen LogP contribution < -0.4 is 0 Å². The summed E-state index contributed by atoms with van der Waals surface area (Å²) in [4.78, 5) is 14.4. The average molecular weight is 476 g/mol. The van der Waals surface area contributed by atoms with Crippen LogP contribution in [0.25, 0.3) is 0 Å². The van der Waals surface area contributed by atoms with Gasteiger partial charge in [0, 0.05) is 18.5 Å². The molecule has 34 heavy (non-hydrogen) atoms. The third kappa shape index (κ3) is 6.84. The number of carbonyl (C=O) groups excluding carboxylic acids is 1. The minimum absolute atomic E-state index is 0.00932. The highest BCUT2D eigenvalue weighted by Crippen LogP contribution is 2.43. The third-order valence-corrected chi connectivity index (χ3v) is 6.94. The van der Waals surface area contributed by atoms with Gasteiger partial charge in [-0.15, -0.1) is 0 Å². The number of halogens is 3. The van der Waals surface area contributed by atoms with Gasteiger partial charge in [0.05, 0.1) is 12.7 Å². The number of hydrogen-bond donors (Lipinski definition) is 0. The highest BCUT2D eigenvalue weighted by atomic mass is 19.4. The predicted molar refractivity (Wildman–Crippen MR) is 128 cm³/mol. The first-order valence-electron chi connectivity index (χ1n) is 12.1. The lowest BCUT2D eigenvalue weighted by molar-refractivity contribution is -0.142. The van der Waals surface area contributed by atoms with Crippen LogP contribution in [0.15, 0.2) is 48.5 Å². The fraction of sp³-hybridized carbons (Fsp3) is 0.536. The van der Waals surface area contributed by atoms with Crippen LogP contribution in [0.1, 0.15) is 80.3 Å². The Kier molecular flexibility index (Phi) is 8.80. The zero-order valence-electron chi connectivity index (χ0n) is 20.6. The van der Waals surface area contributed by atoms with Gasteiger partial charge in [0.1, 0.15) is 0 Å². The maximum Gasteiger partial charge on any atom is 0.416 e. The van der Waals surface area contributed by atoms with Gasteiger partial charge in [-0.2, -0.15) is 13.2 Å². The van der Waals surface area contributed by atoms with E-state index in [1.807, 2.05) is 0 Å². The molecule has 3 nitrogen and oxygen atoms in total. The number of piperidine rings is 1. The standard InChI is InChI=1S/C28H36F3NO2/c1-19(2)5-14-25(22-10-12-24(13-11-22)28(29,30)31)32-16-15-21(18-27(33)34-4)17-26(32)23-8-6-20(3)7-9-23/h6-13,19,21,25-26H,5,14-18H2,1-4H3/t21?,25-,26?/m1/s1. The van der Waals surface area contributed by atoms with E-state index in [0.29, 0.717) is 12.3 Å². The van der Waals surface area contributed by atoms with E-state index in [9.17, 15) is 18.0 Å². The van der Waals surface area contributed by atoms with E-state index in [4.69, 9.17) is 4.74 Å². The Labute approximate surface area is 201 Å². The molecule has 1 fully saturated rings. The minimum Gasteiger partial charge on any atom is -0.469 e. The molecule has 0 spiro atoms. The number of esters is 1. The molecule has 2 aromatic carbocycles. The van der Waals surface area contributed by atoms with Crippen molar-refractivity contribution < 1.29 is 22.7 Å². The van der Waals surface area contributed by atoms with Gasteiger partial charge in [0.15, 0.2) is 0 Å². The number of nitrogens with zero attached hydrogens (tertiary/aromatic N) is 1. The quantitative estimate of drug-likeness (QED) is 0.370. The van der Waals surface area contributed by atoms with Gasteiger partial charge in [-0.05, 0) is 74.2 Å². The zero-order valence-corrected chi connectivity index (χ0v) is 20.6. The number of rotatable bonds is 8. The monoisotopic (exact) mass is 475 g/mol. The third-order valence-electron chi connectivity index (χ3n) is 6.94. The molecular formula is C28H36F3NO2. The van der Waals surface area contributed by atoms with Crippen LogP contribution in [0.4, 0.5) is 13.2 Å². The number of aryl methyl sites for hydroxylation is 1. The molecule has 3 rings (SSSR count). The maximum atomic E-state index is 13.2. The summed E-state index contributed by atoms with van der Waals surface area (Å²) in [5.74, 6) is 0.514. The van der Waals surface area contributed by atoms with E-state index < -0.39 is 11.7 Å². The molecule has 1 aliphatic heterocycles. The smallest absolute Gasteiger partial charge is 0.416 e. The molecule has 6 heteroatoms. The van der Waals surface area contributed by atoms with Gasteiger partial charge in [0.25, 0.3) is 0 Å². The number of likely N-dealkylation sites (tertiary alicyclic amines) is 1. The molecule has 0 aliphatic carbocycles. The molecule has 3 atom stereocenters. The fourth-order valence-corrected chi connectivity index (χ4v) is 4.96. The second-order valence-electron chi connectivity index (χ2n) is 9.94. The fourth-order valence-electron chi connectivity index (χ4n) is 4.96. The second kappa shape index (κ2) is 11.4. The predicted octanol–water partition coefficient (Wildman–Crippen LogP) is 7.51. The number of benzene rings is 2. The molecule has 1 aliphatic rings. The Morgan fingerprint density at radius 1 is 1.06 bits per heavy atom. The Hall–Kier alpha value is -2.34.